The van der Waals surface area contributed by atoms with Crippen LogP contribution in [-0.2, 0) is 9.59 Å². The Hall–Kier alpha value is -6.10. The monoisotopic (exact) mass is 855 g/mol. The van der Waals surface area contributed by atoms with Crippen LogP contribution in [0.15, 0.2) is 83.1 Å². The third-order valence-corrected chi connectivity index (χ3v) is 14.1. The molecule has 0 radical (unpaired) electrons. The average molecular weight is 856 g/mol. The van der Waals surface area contributed by atoms with Gasteiger partial charge in [-0.3, -0.25) is 9.59 Å². The fraction of sp³-hybridized carbons (Fsp3) is 0.333. The van der Waals surface area contributed by atoms with E-state index in [-0.39, 0.29) is 42.5 Å². The molecular weight excluding hydrogens is 811 g/mol. The lowest BCUT2D eigenvalue weighted by atomic mass is 9.91. The molecule has 2 amide bonds. The van der Waals surface area contributed by atoms with Gasteiger partial charge in [0.25, 0.3) is 0 Å². The molecule has 61 heavy (non-hydrogen) atoms. The van der Waals surface area contributed by atoms with Gasteiger partial charge in [-0.1, -0.05) is 55.4 Å². The number of phenolic OH excluding ortho intramolecular Hbond substituents is 1. The molecule has 2 aliphatic rings. The lowest BCUT2D eigenvalue weighted by molar-refractivity contribution is -0.141. The summed E-state index contributed by atoms with van der Waals surface area (Å²) in [6, 6.07) is 17.7. The van der Waals surface area contributed by atoms with Crippen LogP contribution in [0.4, 0.5) is 5.95 Å². The van der Waals surface area contributed by atoms with Crippen molar-refractivity contribution in [3.8, 4) is 38.7 Å². The number of carbonyl (C=O) groups excluding carboxylic acids is 2. The van der Waals surface area contributed by atoms with Gasteiger partial charge in [0.2, 0.25) is 17.8 Å². The zero-order valence-electron chi connectivity index (χ0n) is 34.3. The van der Waals surface area contributed by atoms with Gasteiger partial charge in [0.05, 0.1) is 33.9 Å². The van der Waals surface area contributed by atoms with Crippen molar-refractivity contribution in [2.75, 3.05) is 24.5 Å². The van der Waals surface area contributed by atoms with Crippen LogP contribution in [0.3, 0.4) is 0 Å². The van der Waals surface area contributed by atoms with E-state index in [2.05, 4.69) is 47.4 Å². The van der Waals surface area contributed by atoms with Crippen LogP contribution in [0, 0.1) is 19.8 Å². The number of aromatic hydroxyl groups is 1. The first-order valence-corrected chi connectivity index (χ1v) is 22.0. The van der Waals surface area contributed by atoms with E-state index in [4.69, 9.17) is 4.52 Å². The van der Waals surface area contributed by atoms with Gasteiger partial charge in [-0.05, 0) is 61.6 Å². The van der Waals surface area contributed by atoms with E-state index < -0.39 is 18.1 Å². The van der Waals surface area contributed by atoms with Crippen LogP contribution >= 0.6 is 22.7 Å². The van der Waals surface area contributed by atoms with Crippen molar-refractivity contribution in [2.24, 2.45) is 5.92 Å². The second kappa shape index (κ2) is 16.4. The van der Waals surface area contributed by atoms with Crippen molar-refractivity contribution < 1.29 is 24.3 Å². The number of carbonyl (C=O) groups is 2. The van der Waals surface area contributed by atoms with Gasteiger partial charge < -0.3 is 29.9 Å². The molecule has 2 aromatic carbocycles. The van der Waals surface area contributed by atoms with Crippen molar-refractivity contribution in [3.63, 3.8) is 0 Å². The summed E-state index contributed by atoms with van der Waals surface area (Å²) in [6.45, 7) is 11.4. The Labute approximate surface area is 360 Å². The maximum absolute atomic E-state index is 14.3. The summed E-state index contributed by atoms with van der Waals surface area (Å²) in [5, 5.41) is 38.3. The van der Waals surface area contributed by atoms with Gasteiger partial charge in [0.15, 0.2) is 0 Å². The number of hydrogen-bond acceptors (Lipinski definition) is 14. The number of nitrogens with zero attached hydrogens (tertiary/aromatic N) is 8. The van der Waals surface area contributed by atoms with E-state index in [0.717, 1.165) is 45.0 Å². The molecule has 0 unspecified atom stereocenters. The van der Waals surface area contributed by atoms with Gasteiger partial charge in [-0.15, -0.1) is 32.9 Å². The second-order valence-corrected chi connectivity index (χ2v) is 18.2. The smallest absolute Gasteiger partial charge is 0.243 e. The van der Waals surface area contributed by atoms with Crippen molar-refractivity contribution in [2.45, 2.75) is 71.1 Å². The number of likely N-dealkylation sites (tertiary alicyclic amines) is 1. The molecule has 0 bridgehead atoms. The summed E-state index contributed by atoms with van der Waals surface area (Å²) in [5.41, 5.74) is 8.39. The number of aryl methyl sites for hydroxylation is 2. The Bertz CT molecular complexity index is 2720. The Morgan fingerprint density at radius 3 is 2.38 bits per heavy atom. The Kier molecular flexibility index (Phi) is 10.8. The normalized spacial score (nSPS) is 17.8. The summed E-state index contributed by atoms with van der Waals surface area (Å²) >= 11 is 3.24. The van der Waals surface area contributed by atoms with Gasteiger partial charge in [0, 0.05) is 71.8 Å². The highest BCUT2D eigenvalue weighted by Crippen LogP contribution is 2.41. The number of hydrogen-bond donors (Lipinski definition) is 3. The van der Waals surface area contributed by atoms with Crippen LogP contribution in [0.1, 0.15) is 72.5 Å². The molecule has 2 saturated heterocycles. The minimum atomic E-state index is -0.839. The topological polar surface area (TPSA) is 184 Å². The molecule has 14 nitrogen and oxygen atoms in total. The number of thiazole rings is 1. The van der Waals surface area contributed by atoms with Crippen LogP contribution < -0.4 is 10.2 Å². The van der Waals surface area contributed by atoms with E-state index in [1.165, 1.54) is 15.3 Å². The predicted molar refractivity (Wildman–Crippen MR) is 234 cm³/mol. The Morgan fingerprint density at radius 2 is 1.67 bits per heavy atom. The second-order valence-electron chi connectivity index (χ2n) is 16.3. The van der Waals surface area contributed by atoms with Crippen molar-refractivity contribution in [3.05, 3.63) is 106 Å². The third kappa shape index (κ3) is 7.75. The number of aromatic nitrogens is 6. The maximum Gasteiger partial charge on any atom is 0.243 e. The molecule has 4 atom stereocenters. The summed E-state index contributed by atoms with van der Waals surface area (Å²) in [4.78, 5) is 48.5. The van der Waals surface area contributed by atoms with Crippen molar-refractivity contribution >= 4 is 50.7 Å². The molecule has 9 rings (SSSR count). The molecule has 0 spiro atoms. The van der Waals surface area contributed by atoms with Gasteiger partial charge in [-0.2, -0.15) is 0 Å². The van der Waals surface area contributed by atoms with E-state index in [1.54, 1.807) is 53.3 Å². The number of thiophene rings is 1. The first-order valence-electron chi connectivity index (χ1n) is 20.3. The largest absolute Gasteiger partial charge is 0.507 e. The zero-order chi connectivity index (χ0) is 42.5. The fourth-order valence-electron chi connectivity index (χ4n) is 8.36. The number of β-amino-alcohol motifs (C(OH)–C–C–N with tert-alkyl or cyclic N) is 1. The number of aliphatic hydroxyl groups excluding tert-OH is 1. The molecule has 7 heterocycles. The number of fused-ring (bicyclic) bond motifs is 1. The van der Waals surface area contributed by atoms with Crippen LogP contribution in [0.5, 0.6) is 5.75 Å². The molecule has 0 saturated carbocycles. The number of para-hydroxylation sites is 1. The molecular formula is C45H45N9O5S2. The van der Waals surface area contributed by atoms with Crippen LogP contribution in [-0.4, -0.2) is 89.0 Å². The standard InChI is InChI=1S/C45H45N9O5S2/c1-23(2)39(44(58)54-21-31(55)14-36(54)42(57)49-25(4)27-10-12-28(13-11-27)41-26(5)48-22-60-41)38-16-34(52-59-38)29-17-46-45(47-18-29)53-19-30(20-53)40-24(3)33-15-35(50-51-43(33)61-40)32-8-6-7-9-37(32)56/h6-13,15-18,22-23,25,30-31,36,39,55-56H,14,19-21H2,1-5H3,(H,49,57)/t25-,31+,36-,39+/m0/s1. The SMILES string of the molecule is Cc1ncsc1-c1ccc([C@H](C)NC(=O)[C@@H]2C[C@@H](O)CN2C(=O)[C@@H](c2cc(-c3cnc(N4CC(c5sc6nnc(-c7ccccc7O)cc6c5C)C4)nc3)no2)C(C)C)cc1. The van der Waals surface area contributed by atoms with Gasteiger partial charge >= 0.3 is 0 Å². The van der Waals surface area contributed by atoms with E-state index in [0.29, 0.717) is 40.1 Å². The van der Waals surface area contributed by atoms with E-state index in [1.807, 2.05) is 75.7 Å². The minimum Gasteiger partial charge on any atom is -0.507 e. The maximum atomic E-state index is 14.3. The number of nitrogens with one attached hydrogen (secondary N) is 1. The molecule has 16 heteroatoms. The number of anilines is 1. The van der Waals surface area contributed by atoms with Gasteiger partial charge in [-0.25, -0.2) is 15.0 Å². The molecule has 2 aliphatic heterocycles. The highest BCUT2D eigenvalue weighted by atomic mass is 32.1. The minimum absolute atomic E-state index is 0.0439. The summed E-state index contributed by atoms with van der Waals surface area (Å²) in [6.07, 6.45) is 2.72. The highest BCUT2D eigenvalue weighted by Gasteiger charge is 2.43. The molecule has 312 valence electrons. The highest BCUT2D eigenvalue weighted by molar-refractivity contribution is 7.19. The zero-order valence-corrected chi connectivity index (χ0v) is 35.9. The average Bonchev–Trinajstić information content (AvgIpc) is 4.05. The predicted octanol–water partition coefficient (Wildman–Crippen LogP) is 7.43. The number of amides is 2. The lowest BCUT2D eigenvalue weighted by Gasteiger charge is -2.39. The van der Waals surface area contributed by atoms with Crippen molar-refractivity contribution in [1.82, 2.24) is 40.5 Å². The van der Waals surface area contributed by atoms with Crippen LogP contribution in [0.2, 0.25) is 0 Å². The summed E-state index contributed by atoms with van der Waals surface area (Å²) in [7, 11) is 0. The van der Waals surface area contributed by atoms with E-state index >= 15 is 0 Å². The molecule has 7 aromatic rings. The first-order chi connectivity index (χ1) is 29.4. The fourth-order valence-corrected chi connectivity index (χ4v) is 10.4. The number of aliphatic hydroxyl groups is 1. The molecule has 3 N–H and O–H groups in total. The van der Waals surface area contributed by atoms with Crippen LogP contribution in [0.25, 0.3) is 43.2 Å². The number of benzene rings is 2. The third-order valence-electron chi connectivity index (χ3n) is 11.8. The first kappa shape index (κ1) is 40.3. The van der Waals surface area contributed by atoms with E-state index in [9.17, 15) is 19.8 Å². The van der Waals surface area contributed by atoms with Crippen molar-refractivity contribution in [1.29, 1.82) is 0 Å². The Balaban J connectivity index is 0.840. The van der Waals surface area contributed by atoms with Gasteiger partial charge in [0.1, 0.15) is 34.0 Å². The molecule has 2 fully saturated rings. The quantitative estimate of drug-likeness (QED) is 0.117. The molecule has 5 aromatic heterocycles. The summed E-state index contributed by atoms with van der Waals surface area (Å²) in [5.74, 6) is -0.113. The number of rotatable bonds is 11. The molecule has 0 aliphatic carbocycles. The Morgan fingerprint density at radius 1 is 0.918 bits per heavy atom. The lowest BCUT2D eigenvalue weighted by Crippen LogP contribution is -2.48. The number of phenols is 1. The summed E-state index contributed by atoms with van der Waals surface area (Å²) < 4.78 is 5.81.